The van der Waals surface area contributed by atoms with Crippen LogP contribution in [0.5, 0.6) is 0 Å². The molecule has 1 unspecified atom stereocenters. The van der Waals surface area contributed by atoms with Crippen molar-refractivity contribution in [3.63, 3.8) is 0 Å². The number of halogens is 1. The predicted octanol–water partition coefficient (Wildman–Crippen LogP) is 3.69. The number of hydrogen-bond donors (Lipinski definition) is 1. The Balaban J connectivity index is 2.15. The van der Waals surface area contributed by atoms with E-state index in [4.69, 9.17) is 4.74 Å². The van der Waals surface area contributed by atoms with Gasteiger partial charge in [0.15, 0.2) is 0 Å². The molecule has 8 heteroatoms. The van der Waals surface area contributed by atoms with Crippen LogP contribution in [-0.4, -0.2) is 46.3 Å². The Bertz CT molecular complexity index is 659. The number of likely N-dealkylation sites (tertiary alicyclic amines) is 1. The summed E-state index contributed by atoms with van der Waals surface area (Å²) in [5.41, 5.74) is 0.361. The van der Waals surface area contributed by atoms with Gasteiger partial charge in [-0.15, -0.1) is 0 Å². The van der Waals surface area contributed by atoms with E-state index in [9.17, 15) is 20.0 Å². The summed E-state index contributed by atoms with van der Waals surface area (Å²) in [6, 6.07) is 4.66. The minimum atomic E-state index is -0.565. The number of nitro groups is 1. The van der Waals surface area contributed by atoms with Gasteiger partial charge in [-0.25, -0.2) is 4.79 Å². The van der Waals surface area contributed by atoms with Crippen LogP contribution in [0.3, 0.4) is 0 Å². The van der Waals surface area contributed by atoms with Gasteiger partial charge in [0.2, 0.25) is 0 Å². The highest BCUT2D eigenvalue weighted by Gasteiger charge is 2.35. The SMILES string of the molecule is CC(C)(C)OC(=O)N1CCC(c2ccc([N+](=O)[O-])cc2Br)[C@H](CO)C1. The van der Waals surface area contributed by atoms with Gasteiger partial charge in [-0.05, 0) is 38.7 Å². The van der Waals surface area contributed by atoms with E-state index in [0.717, 1.165) is 5.56 Å². The van der Waals surface area contributed by atoms with Crippen molar-refractivity contribution in [1.29, 1.82) is 0 Å². The number of aliphatic hydroxyl groups is 1. The number of nitrogens with zero attached hydrogens (tertiary/aromatic N) is 2. The van der Waals surface area contributed by atoms with Crippen LogP contribution in [0.15, 0.2) is 22.7 Å². The van der Waals surface area contributed by atoms with E-state index < -0.39 is 10.5 Å². The zero-order valence-corrected chi connectivity index (χ0v) is 16.2. The lowest BCUT2D eigenvalue weighted by atomic mass is 9.81. The van der Waals surface area contributed by atoms with Crippen molar-refractivity contribution in [2.75, 3.05) is 19.7 Å². The highest BCUT2D eigenvalue weighted by atomic mass is 79.9. The van der Waals surface area contributed by atoms with Crippen LogP contribution in [0, 0.1) is 16.0 Å². The summed E-state index contributed by atoms with van der Waals surface area (Å²) in [5, 5.41) is 20.7. The first-order chi connectivity index (χ1) is 11.6. The van der Waals surface area contributed by atoms with Gasteiger partial charge in [0.1, 0.15) is 5.60 Å². The quantitative estimate of drug-likeness (QED) is 0.601. The van der Waals surface area contributed by atoms with Gasteiger partial charge in [0.05, 0.1) is 4.92 Å². The maximum Gasteiger partial charge on any atom is 0.410 e. The van der Waals surface area contributed by atoms with Crippen LogP contribution in [-0.2, 0) is 4.74 Å². The van der Waals surface area contributed by atoms with E-state index >= 15 is 0 Å². The van der Waals surface area contributed by atoms with Crippen molar-refractivity contribution >= 4 is 27.7 Å². The van der Waals surface area contributed by atoms with Crippen molar-refractivity contribution in [2.45, 2.75) is 38.7 Å². The van der Waals surface area contributed by atoms with Crippen molar-refractivity contribution in [1.82, 2.24) is 4.90 Å². The van der Waals surface area contributed by atoms with Gasteiger partial charge in [-0.2, -0.15) is 0 Å². The number of non-ortho nitro benzene ring substituents is 1. The molecule has 1 N–H and O–H groups in total. The van der Waals surface area contributed by atoms with Gasteiger partial charge in [-0.1, -0.05) is 22.0 Å². The first-order valence-electron chi connectivity index (χ1n) is 8.15. The van der Waals surface area contributed by atoms with Crippen LogP contribution in [0.1, 0.15) is 38.7 Å². The molecule has 1 fully saturated rings. The molecule has 0 spiro atoms. The number of amides is 1. The molecule has 1 aliphatic heterocycles. The van der Waals surface area contributed by atoms with E-state index in [1.807, 2.05) is 20.8 Å². The Labute approximate surface area is 155 Å². The van der Waals surface area contributed by atoms with E-state index in [1.54, 1.807) is 11.0 Å². The number of ether oxygens (including phenoxy) is 1. The molecule has 1 aliphatic rings. The number of carbonyl (C=O) groups excluding carboxylic acids is 1. The number of carbonyl (C=O) groups is 1. The maximum atomic E-state index is 12.2. The molecule has 1 heterocycles. The second kappa shape index (κ2) is 7.70. The molecular formula is C17H23BrN2O5. The van der Waals surface area contributed by atoms with E-state index in [2.05, 4.69) is 15.9 Å². The summed E-state index contributed by atoms with van der Waals surface area (Å²) in [5.74, 6) is -0.141. The first-order valence-corrected chi connectivity index (χ1v) is 8.94. The third kappa shape index (κ3) is 4.92. The number of hydrogen-bond acceptors (Lipinski definition) is 5. The number of nitro benzene ring substituents is 1. The van der Waals surface area contributed by atoms with E-state index in [0.29, 0.717) is 24.0 Å². The molecule has 138 valence electrons. The van der Waals surface area contributed by atoms with Crippen LogP contribution >= 0.6 is 15.9 Å². The molecule has 2 rings (SSSR count). The molecule has 0 saturated carbocycles. The summed E-state index contributed by atoms with van der Waals surface area (Å²) in [7, 11) is 0. The Hall–Kier alpha value is -1.67. The Morgan fingerprint density at radius 1 is 1.48 bits per heavy atom. The molecule has 0 aliphatic carbocycles. The molecule has 2 atom stereocenters. The summed E-state index contributed by atoms with van der Waals surface area (Å²) >= 11 is 3.40. The first kappa shape index (κ1) is 19.7. The molecule has 1 aromatic carbocycles. The molecule has 25 heavy (non-hydrogen) atoms. The lowest BCUT2D eigenvalue weighted by molar-refractivity contribution is -0.384. The molecule has 1 saturated heterocycles. The minimum absolute atomic E-state index is 0.0128. The van der Waals surface area contributed by atoms with Gasteiger partial charge < -0.3 is 14.7 Å². The van der Waals surface area contributed by atoms with Crippen LogP contribution < -0.4 is 0 Å². The monoisotopic (exact) mass is 414 g/mol. The Morgan fingerprint density at radius 2 is 2.16 bits per heavy atom. The van der Waals surface area contributed by atoms with Crippen molar-refractivity contribution in [3.05, 3.63) is 38.3 Å². The Morgan fingerprint density at radius 3 is 2.68 bits per heavy atom. The van der Waals surface area contributed by atoms with E-state index in [-0.39, 0.29) is 30.2 Å². The standard InChI is InChI=1S/C17H23BrN2O5/c1-17(2,3)25-16(22)19-7-6-13(11(9-19)10-21)14-5-4-12(20(23)24)8-15(14)18/h4-5,8,11,13,21H,6-7,9-10H2,1-3H3/t11-,13?/m0/s1. The summed E-state index contributed by atoms with van der Waals surface area (Å²) < 4.78 is 6.05. The van der Waals surface area contributed by atoms with E-state index in [1.165, 1.54) is 12.1 Å². The molecule has 1 amide bonds. The van der Waals surface area contributed by atoms with Gasteiger partial charge >= 0.3 is 6.09 Å². The van der Waals surface area contributed by atoms with Gasteiger partial charge in [-0.3, -0.25) is 10.1 Å². The van der Waals surface area contributed by atoms with Crippen molar-refractivity contribution < 1.29 is 19.6 Å². The second-order valence-electron chi connectivity index (χ2n) is 7.23. The lowest BCUT2D eigenvalue weighted by Gasteiger charge is -2.38. The fourth-order valence-electron chi connectivity index (χ4n) is 3.05. The highest BCUT2D eigenvalue weighted by Crippen LogP contribution is 2.38. The predicted molar refractivity (Wildman–Crippen MR) is 96.5 cm³/mol. The third-order valence-corrected chi connectivity index (χ3v) is 4.90. The molecule has 0 aromatic heterocycles. The molecule has 7 nitrogen and oxygen atoms in total. The summed E-state index contributed by atoms with van der Waals surface area (Å²) in [6.45, 7) is 6.27. The topological polar surface area (TPSA) is 92.9 Å². The zero-order valence-electron chi connectivity index (χ0n) is 14.6. The number of rotatable bonds is 3. The van der Waals surface area contributed by atoms with Gasteiger partial charge in [0.25, 0.3) is 5.69 Å². The fourth-order valence-corrected chi connectivity index (χ4v) is 3.71. The zero-order chi connectivity index (χ0) is 18.8. The largest absolute Gasteiger partial charge is 0.444 e. The fraction of sp³-hybridized carbons (Fsp3) is 0.588. The maximum absolute atomic E-state index is 12.2. The van der Waals surface area contributed by atoms with Gasteiger partial charge in [0, 0.05) is 42.2 Å². The average Bonchev–Trinajstić information content (AvgIpc) is 2.52. The number of aliphatic hydroxyl groups excluding tert-OH is 1. The van der Waals surface area contributed by atoms with Crippen LogP contribution in [0.4, 0.5) is 10.5 Å². The van der Waals surface area contributed by atoms with Crippen molar-refractivity contribution in [2.24, 2.45) is 5.92 Å². The lowest BCUT2D eigenvalue weighted by Crippen LogP contribution is -2.46. The molecular weight excluding hydrogens is 392 g/mol. The third-order valence-electron chi connectivity index (χ3n) is 4.21. The number of benzene rings is 1. The summed E-state index contributed by atoms with van der Waals surface area (Å²) in [6.07, 6.45) is 0.271. The second-order valence-corrected chi connectivity index (χ2v) is 8.08. The normalized spacial score (nSPS) is 21.1. The molecule has 0 radical (unpaired) electrons. The summed E-state index contributed by atoms with van der Waals surface area (Å²) in [4.78, 5) is 24.3. The Kier molecular flexibility index (Phi) is 6.05. The number of piperidine rings is 1. The van der Waals surface area contributed by atoms with Crippen LogP contribution in [0.25, 0.3) is 0 Å². The minimum Gasteiger partial charge on any atom is -0.444 e. The molecule has 1 aromatic rings. The average molecular weight is 415 g/mol. The smallest absolute Gasteiger partial charge is 0.410 e. The highest BCUT2D eigenvalue weighted by molar-refractivity contribution is 9.10. The van der Waals surface area contributed by atoms with Crippen molar-refractivity contribution in [3.8, 4) is 0 Å². The molecule has 0 bridgehead atoms. The van der Waals surface area contributed by atoms with Crippen LogP contribution in [0.2, 0.25) is 0 Å².